The molecule has 1 aliphatic rings. The van der Waals surface area contributed by atoms with Gasteiger partial charge in [0.15, 0.2) is 6.61 Å². The summed E-state index contributed by atoms with van der Waals surface area (Å²) in [6, 6.07) is 7.26. The number of para-hydroxylation sites is 1. The van der Waals surface area contributed by atoms with Crippen LogP contribution in [0.15, 0.2) is 24.3 Å². The van der Waals surface area contributed by atoms with Crippen LogP contribution in [0, 0.1) is 0 Å². The van der Waals surface area contributed by atoms with E-state index < -0.39 is 6.10 Å². The average molecular weight is 278 g/mol. The Morgan fingerprint density at radius 1 is 1.30 bits per heavy atom. The third-order valence-electron chi connectivity index (χ3n) is 3.58. The fourth-order valence-corrected chi connectivity index (χ4v) is 2.24. The molecule has 1 N–H and O–H groups in total. The van der Waals surface area contributed by atoms with Gasteiger partial charge in [-0.05, 0) is 20.0 Å². The summed E-state index contributed by atoms with van der Waals surface area (Å²) in [6.45, 7) is 5.00. The number of rotatable bonds is 4. The summed E-state index contributed by atoms with van der Waals surface area (Å²) < 4.78 is 5.58. The van der Waals surface area contributed by atoms with Crippen LogP contribution in [-0.2, 0) is 4.79 Å². The van der Waals surface area contributed by atoms with Crippen molar-refractivity contribution >= 4 is 5.91 Å². The Morgan fingerprint density at radius 3 is 2.60 bits per heavy atom. The number of hydrogen-bond donors (Lipinski definition) is 1. The van der Waals surface area contributed by atoms with Gasteiger partial charge in [-0.15, -0.1) is 0 Å². The highest BCUT2D eigenvalue weighted by molar-refractivity contribution is 5.78. The Labute approximate surface area is 119 Å². The minimum absolute atomic E-state index is 0.00139. The topological polar surface area (TPSA) is 53.0 Å². The maximum Gasteiger partial charge on any atom is 0.260 e. The van der Waals surface area contributed by atoms with Crippen LogP contribution in [0.3, 0.4) is 0 Å². The van der Waals surface area contributed by atoms with Crippen LogP contribution in [0.1, 0.15) is 18.6 Å². The Bertz CT molecular complexity index is 454. The van der Waals surface area contributed by atoms with Crippen LogP contribution in [0.25, 0.3) is 0 Å². The molecule has 1 heterocycles. The summed E-state index contributed by atoms with van der Waals surface area (Å²) >= 11 is 0. The third kappa shape index (κ3) is 3.71. The molecule has 0 bridgehead atoms. The van der Waals surface area contributed by atoms with Gasteiger partial charge >= 0.3 is 0 Å². The van der Waals surface area contributed by atoms with Gasteiger partial charge < -0.3 is 19.6 Å². The highest BCUT2D eigenvalue weighted by atomic mass is 16.5. The lowest BCUT2D eigenvalue weighted by atomic mass is 10.1. The number of likely N-dealkylation sites (N-methyl/N-ethyl adjacent to an activating group) is 1. The van der Waals surface area contributed by atoms with Gasteiger partial charge in [0.05, 0.1) is 6.10 Å². The molecule has 1 aromatic carbocycles. The highest BCUT2D eigenvalue weighted by Gasteiger charge is 2.19. The second-order valence-electron chi connectivity index (χ2n) is 5.19. The summed E-state index contributed by atoms with van der Waals surface area (Å²) in [4.78, 5) is 16.1. The molecule has 1 fully saturated rings. The van der Waals surface area contributed by atoms with E-state index in [9.17, 15) is 9.90 Å². The Balaban J connectivity index is 1.90. The molecule has 20 heavy (non-hydrogen) atoms. The van der Waals surface area contributed by atoms with Crippen LogP contribution in [0.4, 0.5) is 0 Å². The summed E-state index contributed by atoms with van der Waals surface area (Å²) in [7, 11) is 2.05. The molecule has 1 aromatic rings. The maximum absolute atomic E-state index is 12.1. The lowest BCUT2D eigenvalue weighted by Crippen LogP contribution is -2.48. The van der Waals surface area contributed by atoms with Crippen molar-refractivity contribution in [2.45, 2.75) is 13.0 Å². The molecule has 1 atom stereocenters. The second kappa shape index (κ2) is 6.72. The van der Waals surface area contributed by atoms with Crippen molar-refractivity contribution in [3.05, 3.63) is 29.8 Å². The Morgan fingerprint density at radius 2 is 1.95 bits per heavy atom. The monoisotopic (exact) mass is 278 g/mol. The van der Waals surface area contributed by atoms with Crippen molar-refractivity contribution in [2.24, 2.45) is 0 Å². The van der Waals surface area contributed by atoms with Gasteiger partial charge in [0.2, 0.25) is 0 Å². The van der Waals surface area contributed by atoms with Crippen molar-refractivity contribution in [3.8, 4) is 5.75 Å². The number of hydrogen-bond acceptors (Lipinski definition) is 4. The molecule has 5 heteroatoms. The molecule has 0 aromatic heterocycles. The summed E-state index contributed by atoms with van der Waals surface area (Å²) in [6.07, 6.45) is -0.607. The Hall–Kier alpha value is -1.59. The number of benzene rings is 1. The number of amides is 1. The van der Waals surface area contributed by atoms with Crippen LogP contribution in [-0.4, -0.2) is 60.6 Å². The first-order valence-electron chi connectivity index (χ1n) is 6.94. The van der Waals surface area contributed by atoms with E-state index in [1.807, 2.05) is 17.0 Å². The minimum atomic E-state index is -0.607. The zero-order valence-electron chi connectivity index (χ0n) is 12.1. The molecule has 1 saturated heterocycles. The molecule has 0 aliphatic carbocycles. The molecule has 5 nitrogen and oxygen atoms in total. The fraction of sp³-hybridized carbons (Fsp3) is 0.533. The normalized spacial score (nSPS) is 17.9. The van der Waals surface area contributed by atoms with Crippen molar-refractivity contribution in [3.63, 3.8) is 0 Å². The largest absolute Gasteiger partial charge is 0.483 e. The van der Waals surface area contributed by atoms with Gasteiger partial charge in [0.25, 0.3) is 5.91 Å². The molecular weight excluding hydrogens is 256 g/mol. The van der Waals surface area contributed by atoms with Crippen LogP contribution in [0.5, 0.6) is 5.75 Å². The molecule has 0 unspecified atom stereocenters. The van der Waals surface area contributed by atoms with Crippen molar-refractivity contribution in [1.29, 1.82) is 0 Å². The standard InChI is InChI=1S/C15H22N2O3/c1-12(18)13-5-3-4-6-14(13)20-11-15(19)17-9-7-16(2)8-10-17/h3-6,12,18H,7-11H2,1-2H3/t12-/m0/s1. The predicted octanol–water partition coefficient (Wildman–Crippen LogP) is 0.893. The third-order valence-corrected chi connectivity index (χ3v) is 3.58. The number of piperazine rings is 1. The molecule has 1 amide bonds. The molecule has 0 spiro atoms. The smallest absolute Gasteiger partial charge is 0.260 e. The SMILES string of the molecule is C[C@H](O)c1ccccc1OCC(=O)N1CCN(C)CC1. The summed E-state index contributed by atoms with van der Waals surface area (Å²) in [5, 5.41) is 9.67. The maximum atomic E-state index is 12.1. The molecule has 110 valence electrons. The van der Waals surface area contributed by atoms with Crippen LogP contribution >= 0.6 is 0 Å². The number of ether oxygens (including phenoxy) is 1. The van der Waals surface area contributed by atoms with Crippen molar-refractivity contribution in [2.75, 3.05) is 39.8 Å². The van der Waals surface area contributed by atoms with Gasteiger partial charge in [-0.1, -0.05) is 18.2 Å². The molecule has 2 rings (SSSR count). The number of carbonyl (C=O) groups is 1. The number of aliphatic hydroxyl groups is 1. The van der Waals surface area contributed by atoms with E-state index in [2.05, 4.69) is 11.9 Å². The zero-order chi connectivity index (χ0) is 14.5. The van der Waals surface area contributed by atoms with E-state index in [0.717, 1.165) is 26.2 Å². The van der Waals surface area contributed by atoms with Crippen LogP contribution < -0.4 is 4.74 Å². The quantitative estimate of drug-likeness (QED) is 0.889. The van der Waals surface area contributed by atoms with Crippen molar-refractivity contribution < 1.29 is 14.6 Å². The van der Waals surface area contributed by atoms with E-state index in [-0.39, 0.29) is 12.5 Å². The van der Waals surface area contributed by atoms with E-state index >= 15 is 0 Å². The van der Waals surface area contributed by atoms with E-state index in [1.54, 1.807) is 19.1 Å². The number of carbonyl (C=O) groups excluding carboxylic acids is 1. The van der Waals surface area contributed by atoms with E-state index in [4.69, 9.17) is 4.74 Å². The molecule has 0 saturated carbocycles. The first-order valence-corrected chi connectivity index (χ1v) is 6.94. The lowest BCUT2D eigenvalue weighted by Gasteiger charge is -2.32. The number of nitrogens with zero attached hydrogens (tertiary/aromatic N) is 2. The zero-order valence-corrected chi connectivity index (χ0v) is 12.1. The summed E-state index contributed by atoms with van der Waals surface area (Å²) in [5.74, 6) is 0.573. The molecule has 1 aliphatic heterocycles. The van der Waals surface area contributed by atoms with Crippen molar-refractivity contribution in [1.82, 2.24) is 9.80 Å². The van der Waals surface area contributed by atoms with Gasteiger partial charge in [-0.3, -0.25) is 4.79 Å². The lowest BCUT2D eigenvalue weighted by molar-refractivity contribution is -0.134. The van der Waals surface area contributed by atoms with Gasteiger partial charge in [0.1, 0.15) is 5.75 Å². The summed E-state index contributed by atoms with van der Waals surface area (Å²) in [5.41, 5.74) is 0.707. The first-order chi connectivity index (χ1) is 9.58. The average Bonchev–Trinajstić information content (AvgIpc) is 2.45. The van der Waals surface area contributed by atoms with E-state index in [0.29, 0.717) is 11.3 Å². The van der Waals surface area contributed by atoms with Gasteiger partial charge in [0, 0.05) is 31.7 Å². The molecular formula is C15H22N2O3. The minimum Gasteiger partial charge on any atom is -0.483 e. The Kier molecular flexibility index (Phi) is 4.98. The molecule has 0 radical (unpaired) electrons. The second-order valence-corrected chi connectivity index (χ2v) is 5.19. The van der Waals surface area contributed by atoms with Crippen LogP contribution in [0.2, 0.25) is 0 Å². The fourth-order valence-electron chi connectivity index (χ4n) is 2.24. The highest BCUT2D eigenvalue weighted by Crippen LogP contribution is 2.24. The van der Waals surface area contributed by atoms with E-state index in [1.165, 1.54) is 0 Å². The predicted molar refractivity (Wildman–Crippen MR) is 76.6 cm³/mol. The number of aliphatic hydroxyl groups excluding tert-OH is 1. The van der Waals surface area contributed by atoms with Gasteiger partial charge in [-0.2, -0.15) is 0 Å². The van der Waals surface area contributed by atoms with Gasteiger partial charge in [-0.25, -0.2) is 0 Å². The first kappa shape index (κ1) is 14.8.